The smallest absolute Gasteiger partial charge is 0.227 e. The molecule has 2 rings (SSSR count). The van der Waals surface area contributed by atoms with Gasteiger partial charge < -0.3 is 15.5 Å². The summed E-state index contributed by atoms with van der Waals surface area (Å²) < 4.78 is 0. The van der Waals surface area contributed by atoms with Gasteiger partial charge in [-0.2, -0.15) is 0 Å². The van der Waals surface area contributed by atoms with Crippen LogP contribution in [0.5, 0.6) is 0 Å². The Kier molecular flexibility index (Phi) is 3.66. The molecule has 0 saturated carbocycles. The molecule has 3 unspecified atom stereocenters. The van der Waals surface area contributed by atoms with Gasteiger partial charge in [0.2, 0.25) is 11.8 Å². The van der Waals surface area contributed by atoms with Crippen LogP contribution in [0, 0.1) is 5.92 Å². The van der Waals surface area contributed by atoms with Crippen molar-refractivity contribution in [2.45, 2.75) is 37.8 Å². The first-order chi connectivity index (χ1) is 8.11. The van der Waals surface area contributed by atoms with Gasteiger partial charge in [-0.1, -0.05) is 0 Å². The van der Waals surface area contributed by atoms with Gasteiger partial charge in [0.05, 0.1) is 5.92 Å². The van der Waals surface area contributed by atoms with Gasteiger partial charge in [-0.3, -0.25) is 9.59 Å². The molecule has 0 spiro atoms. The van der Waals surface area contributed by atoms with Crippen molar-refractivity contribution in [2.75, 3.05) is 20.6 Å². The number of nitrogens with zero attached hydrogens (tertiary/aromatic N) is 1. The van der Waals surface area contributed by atoms with E-state index in [9.17, 15) is 9.59 Å². The lowest BCUT2D eigenvalue weighted by Crippen LogP contribution is -2.40. The minimum absolute atomic E-state index is 0.0179. The Hall–Kier alpha value is -1.10. The fourth-order valence-corrected chi connectivity index (χ4v) is 2.88. The summed E-state index contributed by atoms with van der Waals surface area (Å²) in [4.78, 5) is 25.0. The van der Waals surface area contributed by atoms with Crippen LogP contribution >= 0.6 is 0 Å². The van der Waals surface area contributed by atoms with Crippen molar-refractivity contribution in [3.8, 4) is 0 Å². The summed E-state index contributed by atoms with van der Waals surface area (Å²) >= 11 is 0. The SMILES string of the molecule is CNC(=O)CCN(C)C(=O)C1CC2CCC1N2. The van der Waals surface area contributed by atoms with E-state index < -0.39 is 0 Å². The van der Waals surface area contributed by atoms with Crippen LogP contribution in [0.3, 0.4) is 0 Å². The lowest BCUT2D eigenvalue weighted by molar-refractivity contribution is -0.135. The topological polar surface area (TPSA) is 61.4 Å². The normalized spacial score (nSPS) is 30.4. The summed E-state index contributed by atoms with van der Waals surface area (Å²) in [6.07, 6.45) is 3.67. The zero-order valence-corrected chi connectivity index (χ0v) is 10.5. The molecule has 0 aliphatic carbocycles. The van der Waals surface area contributed by atoms with E-state index in [-0.39, 0.29) is 17.7 Å². The first-order valence-electron chi connectivity index (χ1n) is 6.33. The predicted octanol–water partition coefficient (Wildman–Crippen LogP) is -0.279. The van der Waals surface area contributed by atoms with Crippen LogP contribution in [-0.2, 0) is 9.59 Å². The van der Waals surface area contributed by atoms with Crippen LogP contribution in [0.2, 0.25) is 0 Å². The molecule has 2 fully saturated rings. The summed E-state index contributed by atoms with van der Waals surface area (Å²) in [6, 6.07) is 0.913. The predicted molar refractivity (Wildman–Crippen MR) is 64.4 cm³/mol. The van der Waals surface area contributed by atoms with Gasteiger partial charge in [0.15, 0.2) is 0 Å². The molecule has 2 N–H and O–H groups in total. The molecule has 0 aromatic carbocycles. The molecular formula is C12H21N3O2. The molecule has 2 aliphatic rings. The molecule has 0 aromatic heterocycles. The van der Waals surface area contributed by atoms with E-state index >= 15 is 0 Å². The zero-order valence-electron chi connectivity index (χ0n) is 10.5. The third-order valence-corrected chi connectivity index (χ3v) is 3.95. The third-order valence-electron chi connectivity index (χ3n) is 3.95. The Morgan fingerprint density at radius 3 is 2.71 bits per heavy atom. The minimum Gasteiger partial charge on any atom is -0.359 e. The minimum atomic E-state index is -0.0179. The molecule has 17 heavy (non-hydrogen) atoms. The fourth-order valence-electron chi connectivity index (χ4n) is 2.88. The van der Waals surface area contributed by atoms with Gasteiger partial charge in [-0.25, -0.2) is 0 Å². The lowest BCUT2D eigenvalue weighted by Gasteiger charge is -2.25. The molecule has 2 bridgehead atoms. The maximum absolute atomic E-state index is 12.2. The summed E-state index contributed by atoms with van der Waals surface area (Å²) in [5.41, 5.74) is 0. The quantitative estimate of drug-likeness (QED) is 0.709. The van der Waals surface area contributed by atoms with Crippen LogP contribution in [0.15, 0.2) is 0 Å². The monoisotopic (exact) mass is 239 g/mol. The van der Waals surface area contributed by atoms with Gasteiger partial charge >= 0.3 is 0 Å². The Bertz CT molecular complexity index is 319. The average Bonchev–Trinajstić information content (AvgIpc) is 2.96. The molecule has 2 aliphatic heterocycles. The number of nitrogens with one attached hydrogen (secondary N) is 2. The Morgan fingerprint density at radius 2 is 2.18 bits per heavy atom. The number of amides is 2. The van der Waals surface area contributed by atoms with Crippen LogP contribution in [0.4, 0.5) is 0 Å². The average molecular weight is 239 g/mol. The van der Waals surface area contributed by atoms with E-state index in [2.05, 4.69) is 10.6 Å². The van der Waals surface area contributed by atoms with Gasteiger partial charge in [-0.15, -0.1) is 0 Å². The van der Waals surface area contributed by atoms with Crippen LogP contribution < -0.4 is 10.6 Å². The van der Waals surface area contributed by atoms with E-state index in [0.29, 0.717) is 25.0 Å². The number of rotatable bonds is 4. The highest BCUT2D eigenvalue weighted by Gasteiger charge is 2.43. The number of hydrogen-bond acceptors (Lipinski definition) is 3. The second-order valence-electron chi connectivity index (χ2n) is 5.07. The molecule has 5 nitrogen and oxygen atoms in total. The van der Waals surface area contributed by atoms with Gasteiger partial charge in [0.1, 0.15) is 0 Å². The van der Waals surface area contributed by atoms with Gasteiger partial charge in [-0.05, 0) is 19.3 Å². The first kappa shape index (κ1) is 12.4. The number of carbonyl (C=O) groups excluding carboxylic acids is 2. The van der Waals surface area contributed by atoms with Crippen molar-refractivity contribution in [3.05, 3.63) is 0 Å². The van der Waals surface area contributed by atoms with Crippen molar-refractivity contribution in [1.82, 2.24) is 15.5 Å². The molecular weight excluding hydrogens is 218 g/mol. The maximum atomic E-state index is 12.2. The molecule has 5 heteroatoms. The highest BCUT2D eigenvalue weighted by molar-refractivity contribution is 5.81. The van der Waals surface area contributed by atoms with Gasteiger partial charge in [0, 0.05) is 39.1 Å². The van der Waals surface area contributed by atoms with Crippen molar-refractivity contribution >= 4 is 11.8 Å². The van der Waals surface area contributed by atoms with E-state index in [1.807, 2.05) is 0 Å². The Labute approximate surface area is 102 Å². The third kappa shape index (κ3) is 2.60. The van der Waals surface area contributed by atoms with Crippen LogP contribution in [0.1, 0.15) is 25.7 Å². The fraction of sp³-hybridized carbons (Fsp3) is 0.833. The largest absolute Gasteiger partial charge is 0.359 e. The van der Waals surface area contributed by atoms with Crippen molar-refractivity contribution in [1.29, 1.82) is 0 Å². The Morgan fingerprint density at radius 1 is 1.41 bits per heavy atom. The summed E-state index contributed by atoms with van der Waals surface area (Å²) in [5, 5.41) is 6.03. The summed E-state index contributed by atoms with van der Waals surface area (Å²) in [7, 11) is 3.40. The van der Waals surface area contributed by atoms with Crippen molar-refractivity contribution in [2.24, 2.45) is 5.92 Å². The van der Waals surface area contributed by atoms with Gasteiger partial charge in [0.25, 0.3) is 0 Å². The number of carbonyl (C=O) groups is 2. The van der Waals surface area contributed by atoms with E-state index in [1.54, 1.807) is 19.0 Å². The van der Waals surface area contributed by atoms with E-state index in [1.165, 1.54) is 6.42 Å². The lowest BCUT2D eigenvalue weighted by atomic mass is 9.88. The van der Waals surface area contributed by atoms with Crippen molar-refractivity contribution in [3.63, 3.8) is 0 Å². The Balaban J connectivity index is 1.81. The molecule has 0 radical (unpaired) electrons. The van der Waals surface area contributed by atoms with E-state index in [4.69, 9.17) is 0 Å². The van der Waals surface area contributed by atoms with E-state index in [0.717, 1.165) is 12.8 Å². The molecule has 2 saturated heterocycles. The maximum Gasteiger partial charge on any atom is 0.227 e. The van der Waals surface area contributed by atoms with Crippen LogP contribution in [-0.4, -0.2) is 49.4 Å². The zero-order chi connectivity index (χ0) is 12.4. The van der Waals surface area contributed by atoms with Crippen molar-refractivity contribution < 1.29 is 9.59 Å². The molecule has 0 aromatic rings. The number of fused-ring (bicyclic) bond motifs is 2. The highest BCUT2D eigenvalue weighted by atomic mass is 16.2. The standard InChI is InChI=1S/C12H21N3O2/c1-13-11(16)5-6-15(2)12(17)9-7-8-3-4-10(9)14-8/h8-10,14H,3-7H2,1-2H3,(H,13,16). The highest BCUT2D eigenvalue weighted by Crippen LogP contribution is 2.34. The molecule has 96 valence electrons. The first-order valence-corrected chi connectivity index (χ1v) is 6.33. The second kappa shape index (κ2) is 5.04. The second-order valence-corrected chi connectivity index (χ2v) is 5.07. The number of hydrogen-bond donors (Lipinski definition) is 2. The summed E-state index contributed by atoms with van der Waals surface area (Å²) in [5.74, 6) is 0.299. The molecule has 3 atom stereocenters. The molecule has 2 heterocycles. The van der Waals surface area contributed by atoms with Crippen LogP contribution in [0.25, 0.3) is 0 Å². The summed E-state index contributed by atoms with van der Waals surface area (Å²) in [6.45, 7) is 0.506. The molecule has 2 amide bonds.